The van der Waals surface area contributed by atoms with E-state index in [2.05, 4.69) is 9.93 Å². The molecule has 0 unspecified atom stereocenters. The average Bonchev–Trinajstić information content (AvgIpc) is 2.40. The smallest absolute Gasteiger partial charge is 0.200 e. The zero-order chi connectivity index (χ0) is 13.7. The molecule has 1 aliphatic rings. The highest BCUT2D eigenvalue weighted by molar-refractivity contribution is 7.89. The Hall–Kier alpha value is -1.36. The minimum absolute atomic E-state index is 0.249. The van der Waals surface area contributed by atoms with Gasteiger partial charge < -0.3 is 0 Å². The van der Waals surface area contributed by atoms with Gasteiger partial charge in [-0.15, -0.1) is 0 Å². The minimum Gasteiger partial charge on any atom is -0.200 e. The standard InChI is InChI=1S/C14H20N2O2S/c1-12-7-9-14(10-8-12)19(17,18)16-15-11-13-5-3-2-4-6-13/h7-11,13,16H,2-6H2,1H3/b15-11-. The van der Waals surface area contributed by atoms with Gasteiger partial charge in [0.05, 0.1) is 4.90 Å². The van der Waals surface area contributed by atoms with Crippen molar-refractivity contribution in [1.82, 2.24) is 4.83 Å². The zero-order valence-corrected chi connectivity index (χ0v) is 12.0. The summed E-state index contributed by atoms with van der Waals surface area (Å²) in [5.74, 6) is 0.412. The van der Waals surface area contributed by atoms with Crippen LogP contribution in [0.1, 0.15) is 37.7 Å². The lowest BCUT2D eigenvalue weighted by Gasteiger charge is -2.16. The lowest BCUT2D eigenvalue weighted by Crippen LogP contribution is -2.19. The van der Waals surface area contributed by atoms with Gasteiger partial charge in [0.2, 0.25) is 0 Å². The molecule has 19 heavy (non-hydrogen) atoms. The highest BCUT2D eigenvalue weighted by Crippen LogP contribution is 2.21. The average molecular weight is 280 g/mol. The predicted molar refractivity (Wildman–Crippen MR) is 76.6 cm³/mol. The third-order valence-corrected chi connectivity index (χ3v) is 4.68. The Balaban J connectivity index is 1.97. The predicted octanol–water partition coefficient (Wildman–Crippen LogP) is 2.84. The fourth-order valence-corrected chi connectivity index (χ4v) is 3.06. The Bertz CT molecular complexity index is 529. The van der Waals surface area contributed by atoms with Crippen LogP contribution in [0.5, 0.6) is 0 Å². The molecule has 0 spiro atoms. The highest BCUT2D eigenvalue weighted by atomic mass is 32.2. The van der Waals surface area contributed by atoms with E-state index in [1.807, 2.05) is 6.92 Å². The van der Waals surface area contributed by atoms with Crippen LogP contribution < -0.4 is 4.83 Å². The summed E-state index contributed by atoms with van der Waals surface area (Å²) in [5, 5.41) is 3.90. The molecule has 0 aromatic heterocycles. The lowest BCUT2D eigenvalue weighted by atomic mass is 9.90. The molecular formula is C14H20N2O2S. The van der Waals surface area contributed by atoms with Crippen molar-refractivity contribution in [1.29, 1.82) is 0 Å². The van der Waals surface area contributed by atoms with Crippen LogP contribution in [0.25, 0.3) is 0 Å². The number of nitrogens with zero attached hydrogens (tertiary/aromatic N) is 1. The highest BCUT2D eigenvalue weighted by Gasteiger charge is 2.13. The minimum atomic E-state index is -3.53. The summed E-state index contributed by atoms with van der Waals surface area (Å²) in [7, 11) is -3.53. The number of sulfonamides is 1. The second-order valence-electron chi connectivity index (χ2n) is 5.08. The molecule has 5 heteroatoms. The van der Waals surface area contributed by atoms with Gasteiger partial charge in [-0.05, 0) is 37.8 Å². The molecule has 1 saturated carbocycles. The van der Waals surface area contributed by atoms with Crippen LogP contribution in [0.15, 0.2) is 34.3 Å². The number of hydrogen-bond acceptors (Lipinski definition) is 3. The summed E-state index contributed by atoms with van der Waals surface area (Å²) in [5.41, 5.74) is 1.03. The molecule has 0 bridgehead atoms. The third kappa shape index (κ3) is 4.06. The fraction of sp³-hybridized carbons (Fsp3) is 0.500. The van der Waals surface area contributed by atoms with Crippen LogP contribution in [0.3, 0.4) is 0 Å². The van der Waals surface area contributed by atoms with Gasteiger partial charge in [-0.3, -0.25) is 0 Å². The molecule has 0 radical (unpaired) electrons. The van der Waals surface area contributed by atoms with Crippen LogP contribution in [0, 0.1) is 12.8 Å². The Morgan fingerprint density at radius 3 is 2.42 bits per heavy atom. The van der Waals surface area contributed by atoms with E-state index < -0.39 is 10.0 Å². The molecule has 104 valence electrons. The Morgan fingerprint density at radius 2 is 1.79 bits per heavy atom. The van der Waals surface area contributed by atoms with Gasteiger partial charge in [0.1, 0.15) is 0 Å². The molecule has 1 fully saturated rings. The van der Waals surface area contributed by atoms with Crippen molar-refractivity contribution in [3.05, 3.63) is 29.8 Å². The zero-order valence-electron chi connectivity index (χ0n) is 11.2. The molecule has 4 nitrogen and oxygen atoms in total. The first-order valence-corrected chi connectivity index (χ1v) is 8.18. The van der Waals surface area contributed by atoms with E-state index in [9.17, 15) is 8.42 Å². The van der Waals surface area contributed by atoms with Gasteiger partial charge in [0, 0.05) is 6.21 Å². The summed E-state index contributed by atoms with van der Waals surface area (Å²) in [6, 6.07) is 6.74. The number of aryl methyl sites for hydroxylation is 1. The molecule has 1 aliphatic carbocycles. The molecule has 1 aromatic rings. The topological polar surface area (TPSA) is 58.5 Å². The van der Waals surface area contributed by atoms with Crippen molar-refractivity contribution >= 4 is 16.2 Å². The van der Waals surface area contributed by atoms with Crippen LogP contribution >= 0.6 is 0 Å². The number of nitrogens with one attached hydrogen (secondary N) is 1. The van der Waals surface area contributed by atoms with Crippen molar-refractivity contribution in [2.45, 2.75) is 43.9 Å². The van der Waals surface area contributed by atoms with E-state index in [-0.39, 0.29) is 4.90 Å². The van der Waals surface area contributed by atoms with Crippen molar-refractivity contribution in [3.63, 3.8) is 0 Å². The van der Waals surface area contributed by atoms with Gasteiger partial charge in [0.15, 0.2) is 0 Å². The SMILES string of the molecule is Cc1ccc(S(=O)(=O)N/N=C\C2CCCCC2)cc1. The molecule has 0 atom stereocenters. The van der Waals surface area contributed by atoms with Crippen molar-refractivity contribution in [2.24, 2.45) is 11.0 Å². The third-order valence-electron chi connectivity index (χ3n) is 3.44. The van der Waals surface area contributed by atoms with E-state index in [1.54, 1.807) is 30.5 Å². The van der Waals surface area contributed by atoms with Gasteiger partial charge >= 0.3 is 0 Å². The summed E-state index contributed by atoms with van der Waals surface area (Å²) < 4.78 is 23.9. The summed E-state index contributed by atoms with van der Waals surface area (Å²) in [4.78, 5) is 2.53. The molecular weight excluding hydrogens is 260 g/mol. The molecule has 2 rings (SSSR count). The van der Waals surface area contributed by atoms with Crippen LogP contribution in [-0.4, -0.2) is 14.6 Å². The monoisotopic (exact) mass is 280 g/mol. The maximum absolute atomic E-state index is 12.0. The maximum Gasteiger partial charge on any atom is 0.276 e. The second kappa shape index (κ2) is 6.19. The number of hydrogen-bond donors (Lipinski definition) is 1. The first kappa shape index (κ1) is 14.1. The normalized spacial score (nSPS) is 17.7. The number of rotatable bonds is 4. The molecule has 0 amide bonds. The Kier molecular flexibility index (Phi) is 4.58. The van der Waals surface area contributed by atoms with Crippen molar-refractivity contribution < 1.29 is 8.42 Å². The Morgan fingerprint density at radius 1 is 1.16 bits per heavy atom. The molecule has 0 heterocycles. The van der Waals surface area contributed by atoms with E-state index >= 15 is 0 Å². The van der Waals surface area contributed by atoms with Crippen molar-refractivity contribution in [3.8, 4) is 0 Å². The van der Waals surface area contributed by atoms with Crippen LogP contribution in [0.4, 0.5) is 0 Å². The lowest BCUT2D eigenvalue weighted by molar-refractivity contribution is 0.444. The molecule has 1 N–H and O–H groups in total. The molecule has 0 saturated heterocycles. The first-order valence-electron chi connectivity index (χ1n) is 6.69. The van der Waals surface area contributed by atoms with Gasteiger partial charge in [-0.1, -0.05) is 37.0 Å². The largest absolute Gasteiger partial charge is 0.276 e. The maximum atomic E-state index is 12.0. The number of benzene rings is 1. The summed E-state index contributed by atoms with van der Waals surface area (Å²) >= 11 is 0. The van der Waals surface area contributed by atoms with Gasteiger partial charge in [-0.2, -0.15) is 13.5 Å². The second-order valence-corrected chi connectivity index (χ2v) is 6.74. The van der Waals surface area contributed by atoms with E-state index in [1.165, 1.54) is 19.3 Å². The molecule has 1 aromatic carbocycles. The van der Waals surface area contributed by atoms with Gasteiger partial charge in [0.25, 0.3) is 10.0 Å². The number of hydrazone groups is 1. The van der Waals surface area contributed by atoms with Gasteiger partial charge in [-0.25, -0.2) is 4.83 Å². The molecule has 0 aliphatic heterocycles. The fourth-order valence-electron chi connectivity index (χ4n) is 2.26. The summed E-state index contributed by atoms with van der Waals surface area (Å²) in [6.07, 6.45) is 7.65. The van der Waals surface area contributed by atoms with Crippen molar-refractivity contribution in [2.75, 3.05) is 0 Å². The van der Waals surface area contributed by atoms with Crippen LogP contribution in [-0.2, 0) is 10.0 Å². The first-order chi connectivity index (χ1) is 9.08. The Labute approximate surface area is 115 Å². The van der Waals surface area contributed by atoms with E-state index in [4.69, 9.17) is 0 Å². The van der Waals surface area contributed by atoms with E-state index in [0.29, 0.717) is 5.92 Å². The van der Waals surface area contributed by atoms with Crippen LogP contribution in [0.2, 0.25) is 0 Å². The summed E-state index contributed by atoms with van der Waals surface area (Å²) in [6.45, 7) is 1.92. The van der Waals surface area contributed by atoms with E-state index in [0.717, 1.165) is 18.4 Å². The quantitative estimate of drug-likeness (QED) is 0.681.